The number of nitrogens with zero attached hydrogens (tertiary/aromatic N) is 1. The van der Waals surface area contributed by atoms with E-state index in [1.54, 1.807) is 29.2 Å². The van der Waals surface area contributed by atoms with Gasteiger partial charge in [-0.25, -0.2) is 8.42 Å². The van der Waals surface area contributed by atoms with Gasteiger partial charge in [-0.1, -0.05) is 19.9 Å². The van der Waals surface area contributed by atoms with Crippen LogP contribution < -0.4 is 14.4 Å². The number of benzene rings is 2. The number of rotatable bonds is 5. The topological polar surface area (TPSA) is 75.7 Å². The minimum Gasteiger partial charge on any atom is -0.495 e. The summed E-state index contributed by atoms with van der Waals surface area (Å²) in [7, 11) is -2.36. The molecule has 0 unspecified atom stereocenters. The van der Waals surface area contributed by atoms with Gasteiger partial charge in [-0.2, -0.15) is 0 Å². The van der Waals surface area contributed by atoms with E-state index < -0.39 is 10.0 Å². The summed E-state index contributed by atoms with van der Waals surface area (Å²) < 4.78 is 33.7. The number of nitrogens with one attached hydrogen (secondary N) is 1. The zero-order valence-corrected chi connectivity index (χ0v) is 17.5. The van der Waals surface area contributed by atoms with Crippen molar-refractivity contribution in [2.75, 3.05) is 23.3 Å². The first-order valence-corrected chi connectivity index (χ1v) is 10.8. The van der Waals surface area contributed by atoms with Crippen LogP contribution in [-0.2, 0) is 21.2 Å². The molecule has 1 heterocycles. The van der Waals surface area contributed by atoms with E-state index in [2.05, 4.69) is 4.72 Å². The number of carbonyl (C=O) groups is 1. The van der Waals surface area contributed by atoms with Crippen LogP contribution in [0.1, 0.15) is 31.4 Å². The van der Waals surface area contributed by atoms with E-state index in [1.165, 1.54) is 7.11 Å². The van der Waals surface area contributed by atoms with Crippen molar-refractivity contribution in [1.82, 2.24) is 0 Å². The Morgan fingerprint density at radius 3 is 2.61 bits per heavy atom. The lowest BCUT2D eigenvalue weighted by Crippen LogP contribution is -2.38. The summed E-state index contributed by atoms with van der Waals surface area (Å²) in [5.74, 6) is 0.293. The summed E-state index contributed by atoms with van der Waals surface area (Å²) >= 11 is 0. The molecule has 1 aliphatic rings. The van der Waals surface area contributed by atoms with E-state index in [4.69, 9.17) is 4.74 Å². The summed E-state index contributed by atoms with van der Waals surface area (Å²) in [4.78, 5) is 14.4. The summed E-state index contributed by atoms with van der Waals surface area (Å²) in [6.07, 6.45) is 1.66. The Bertz CT molecular complexity index is 999. The van der Waals surface area contributed by atoms with Crippen LogP contribution in [0.2, 0.25) is 0 Å². The maximum atomic E-state index is 12.9. The van der Waals surface area contributed by atoms with Gasteiger partial charge in [-0.15, -0.1) is 0 Å². The number of amides is 1. The van der Waals surface area contributed by atoms with E-state index >= 15 is 0 Å². The lowest BCUT2D eigenvalue weighted by molar-refractivity contribution is -0.121. The molecule has 1 aliphatic heterocycles. The van der Waals surface area contributed by atoms with E-state index in [1.807, 2.05) is 32.9 Å². The molecule has 2 aromatic rings. The molecule has 0 spiro atoms. The van der Waals surface area contributed by atoms with E-state index in [0.29, 0.717) is 18.0 Å². The second-order valence-corrected chi connectivity index (χ2v) is 9.00. The standard InChI is InChI=1S/C21H26N2O4S/c1-14(2)21(24)23-11-5-6-16-13-17(8-9-18(16)23)22-28(25,26)20-12-15(3)7-10-19(20)27-4/h7-10,12-14,22H,5-6,11H2,1-4H3. The maximum Gasteiger partial charge on any atom is 0.265 e. The molecular formula is C21H26N2O4S. The van der Waals surface area contributed by atoms with Crippen molar-refractivity contribution in [3.8, 4) is 5.75 Å². The minimum absolute atomic E-state index is 0.0822. The molecular weight excluding hydrogens is 376 g/mol. The molecule has 1 amide bonds. The number of hydrogen-bond acceptors (Lipinski definition) is 4. The number of anilines is 2. The van der Waals surface area contributed by atoms with Gasteiger partial charge >= 0.3 is 0 Å². The van der Waals surface area contributed by atoms with Crippen molar-refractivity contribution in [2.45, 2.75) is 38.5 Å². The first-order chi connectivity index (χ1) is 13.2. The number of carbonyl (C=O) groups excluding carboxylic acids is 1. The Balaban J connectivity index is 1.92. The van der Waals surface area contributed by atoms with E-state index in [-0.39, 0.29) is 16.7 Å². The highest BCUT2D eigenvalue weighted by molar-refractivity contribution is 7.92. The smallest absolute Gasteiger partial charge is 0.265 e. The molecule has 0 saturated carbocycles. The van der Waals surface area contributed by atoms with E-state index in [9.17, 15) is 13.2 Å². The van der Waals surface area contributed by atoms with Gasteiger partial charge in [-0.05, 0) is 61.2 Å². The third-order valence-electron chi connectivity index (χ3n) is 4.82. The zero-order valence-electron chi connectivity index (χ0n) is 16.7. The number of hydrogen-bond donors (Lipinski definition) is 1. The zero-order chi connectivity index (χ0) is 20.5. The van der Waals surface area contributed by atoms with Gasteiger partial charge in [0, 0.05) is 23.8 Å². The molecule has 0 aliphatic carbocycles. The highest BCUT2D eigenvalue weighted by Gasteiger charge is 2.25. The Morgan fingerprint density at radius 2 is 1.93 bits per heavy atom. The second-order valence-electron chi connectivity index (χ2n) is 7.35. The lowest BCUT2D eigenvalue weighted by atomic mass is 9.99. The molecule has 150 valence electrons. The van der Waals surface area contributed by atoms with Crippen LogP contribution in [0.15, 0.2) is 41.3 Å². The van der Waals surface area contributed by atoms with Gasteiger partial charge in [0.05, 0.1) is 7.11 Å². The Morgan fingerprint density at radius 1 is 1.18 bits per heavy atom. The summed E-state index contributed by atoms with van der Waals surface area (Å²) in [6.45, 7) is 6.29. The number of aryl methyl sites for hydroxylation is 2. The van der Waals surface area contributed by atoms with Crippen LogP contribution in [0.3, 0.4) is 0 Å². The molecule has 3 rings (SSSR count). The van der Waals surface area contributed by atoms with Crippen LogP contribution in [0.5, 0.6) is 5.75 Å². The highest BCUT2D eigenvalue weighted by atomic mass is 32.2. The molecule has 1 N–H and O–H groups in total. The van der Waals surface area contributed by atoms with Crippen molar-refractivity contribution in [1.29, 1.82) is 0 Å². The molecule has 2 aromatic carbocycles. The van der Waals surface area contributed by atoms with Crippen LogP contribution in [0.25, 0.3) is 0 Å². The van der Waals surface area contributed by atoms with Crippen molar-refractivity contribution >= 4 is 27.3 Å². The third kappa shape index (κ3) is 3.99. The molecule has 0 saturated heterocycles. The SMILES string of the molecule is COc1ccc(C)cc1S(=O)(=O)Nc1ccc2c(c1)CCCN2C(=O)C(C)C. The summed E-state index contributed by atoms with van der Waals surface area (Å²) in [6, 6.07) is 10.4. The van der Waals surface area contributed by atoms with Crippen molar-refractivity contribution in [3.63, 3.8) is 0 Å². The fraction of sp³-hybridized carbons (Fsp3) is 0.381. The summed E-state index contributed by atoms with van der Waals surface area (Å²) in [5, 5.41) is 0. The average molecular weight is 403 g/mol. The van der Waals surface area contributed by atoms with Crippen molar-refractivity contribution in [2.24, 2.45) is 5.92 Å². The second kappa shape index (κ2) is 7.83. The Labute approximate surface area is 166 Å². The van der Waals surface area contributed by atoms with Gasteiger partial charge in [0.25, 0.3) is 10.0 Å². The Kier molecular flexibility index (Phi) is 5.65. The van der Waals surface area contributed by atoms with Crippen LogP contribution in [-0.4, -0.2) is 28.0 Å². The molecule has 0 aromatic heterocycles. The quantitative estimate of drug-likeness (QED) is 0.827. The van der Waals surface area contributed by atoms with Crippen molar-refractivity contribution < 1.29 is 17.9 Å². The highest BCUT2D eigenvalue weighted by Crippen LogP contribution is 2.32. The van der Waals surface area contributed by atoms with Gasteiger partial charge in [0.1, 0.15) is 10.6 Å². The monoisotopic (exact) mass is 402 g/mol. The number of ether oxygens (including phenoxy) is 1. The fourth-order valence-electron chi connectivity index (χ4n) is 3.41. The Hall–Kier alpha value is -2.54. The third-order valence-corrected chi connectivity index (χ3v) is 6.22. The van der Waals surface area contributed by atoms with Gasteiger partial charge in [0.2, 0.25) is 5.91 Å². The van der Waals surface area contributed by atoms with Crippen LogP contribution in [0.4, 0.5) is 11.4 Å². The normalized spacial score (nSPS) is 14.0. The predicted molar refractivity (Wildman–Crippen MR) is 110 cm³/mol. The predicted octanol–water partition coefficient (Wildman–Crippen LogP) is 3.74. The summed E-state index contributed by atoms with van der Waals surface area (Å²) in [5.41, 5.74) is 3.13. The largest absolute Gasteiger partial charge is 0.495 e. The molecule has 0 fully saturated rings. The molecule has 6 nitrogen and oxygen atoms in total. The van der Waals surface area contributed by atoms with E-state index in [0.717, 1.165) is 29.7 Å². The molecule has 7 heteroatoms. The maximum absolute atomic E-state index is 12.9. The lowest BCUT2D eigenvalue weighted by Gasteiger charge is -2.31. The fourth-order valence-corrected chi connectivity index (χ4v) is 4.71. The average Bonchev–Trinajstić information content (AvgIpc) is 2.66. The number of sulfonamides is 1. The molecule has 0 bridgehead atoms. The molecule has 0 atom stereocenters. The number of fused-ring (bicyclic) bond motifs is 1. The number of methoxy groups -OCH3 is 1. The molecule has 0 radical (unpaired) electrons. The van der Waals surface area contributed by atoms with Gasteiger partial charge in [0.15, 0.2) is 0 Å². The van der Waals surface area contributed by atoms with Crippen LogP contribution in [0, 0.1) is 12.8 Å². The van der Waals surface area contributed by atoms with Gasteiger partial charge in [-0.3, -0.25) is 9.52 Å². The molecule has 28 heavy (non-hydrogen) atoms. The van der Waals surface area contributed by atoms with Crippen molar-refractivity contribution in [3.05, 3.63) is 47.5 Å². The first kappa shape index (κ1) is 20.2. The minimum atomic E-state index is -3.80. The first-order valence-electron chi connectivity index (χ1n) is 9.34. The van der Waals surface area contributed by atoms with Crippen LogP contribution >= 0.6 is 0 Å². The van der Waals surface area contributed by atoms with Gasteiger partial charge < -0.3 is 9.64 Å².